The van der Waals surface area contributed by atoms with Crippen LogP contribution in [0.5, 0.6) is 0 Å². The molecule has 0 unspecified atom stereocenters. The summed E-state index contributed by atoms with van der Waals surface area (Å²) in [5.74, 6) is 0.125. The molecule has 1 amide bonds. The van der Waals surface area contributed by atoms with Crippen molar-refractivity contribution in [1.29, 1.82) is 5.41 Å². The van der Waals surface area contributed by atoms with Crippen LogP contribution in [0.3, 0.4) is 0 Å². The highest BCUT2D eigenvalue weighted by atomic mass is 16.5. The second-order valence-corrected chi connectivity index (χ2v) is 7.23. The minimum Gasteiger partial charge on any atom is -0.469 e. The summed E-state index contributed by atoms with van der Waals surface area (Å²) in [5, 5.41) is 7.43. The molecular formula is C21H25N5O3. The van der Waals surface area contributed by atoms with Gasteiger partial charge in [-0.15, -0.1) is 0 Å². The summed E-state index contributed by atoms with van der Waals surface area (Å²) in [5.41, 5.74) is 7.29. The van der Waals surface area contributed by atoms with Gasteiger partial charge in [0.05, 0.1) is 18.6 Å². The average Bonchev–Trinajstić information content (AvgIpc) is 2.77. The van der Waals surface area contributed by atoms with Gasteiger partial charge < -0.3 is 15.4 Å². The largest absolute Gasteiger partial charge is 0.469 e. The van der Waals surface area contributed by atoms with Crippen molar-refractivity contribution in [3.8, 4) is 11.4 Å². The van der Waals surface area contributed by atoms with Crippen LogP contribution in [0.25, 0.3) is 11.4 Å². The fourth-order valence-corrected chi connectivity index (χ4v) is 3.62. The van der Waals surface area contributed by atoms with Gasteiger partial charge in [-0.3, -0.25) is 15.0 Å². The van der Waals surface area contributed by atoms with Crippen molar-refractivity contribution >= 4 is 17.7 Å². The molecule has 1 heterocycles. The number of hydrogen-bond donors (Lipinski definition) is 2. The van der Waals surface area contributed by atoms with Gasteiger partial charge in [0.1, 0.15) is 5.84 Å². The lowest BCUT2D eigenvalue weighted by Crippen LogP contribution is -2.40. The number of nitrogens with two attached hydrogens (primary N) is 1. The van der Waals surface area contributed by atoms with Gasteiger partial charge in [0.2, 0.25) is 0 Å². The number of benzene rings is 1. The lowest BCUT2D eigenvalue weighted by molar-refractivity contribution is -0.146. The van der Waals surface area contributed by atoms with Gasteiger partial charge in [-0.05, 0) is 25.7 Å². The van der Waals surface area contributed by atoms with E-state index in [4.69, 9.17) is 15.9 Å². The maximum absolute atomic E-state index is 12.8. The Balaban J connectivity index is 1.64. The summed E-state index contributed by atoms with van der Waals surface area (Å²) in [7, 11) is 3.19. The van der Waals surface area contributed by atoms with Crippen molar-refractivity contribution < 1.29 is 14.3 Å². The molecule has 3 rings (SSSR count). The lowest BCUT2D eigenvalue weighted by atomic mass is 9.85. The van der Waals surface area contributed by atoms with E-state index in [2.05, 4.69) is 9.97 Å². The predicted octanol–water partition coefficient (Wildman–Crippen LogP) is 2.23. The first kappa shape index (κ1) is 20.4. The second-order valence-electron chi connectivity index (χ2n) is 7.23. The standard InChI is InChI=1S/C21H25N5O3/c1-26(17-9-7-15(8-10-17)21(28)29-2)20(27)16-11-24-19(25-12-16)14-5-3-13(4-6-14)18(22)23/h3-6,11-12,15,17H,7-10H2,1-2H3,(H3,22,23). The summed E-state index contributed by atoms with van der Waals surface area (Å²) in [4.78, 5) is 34.8. The molecule has 0 bridgehead atoms. The smallest absolute Gasteiger partial charge is 0.308 e. The number of nitrogens with zero attached hydrogens (tertiary/aromatic N) is 3. The van der Waals surface area contributed by atoms with Crippen LogP contribution in [0.15, 0.2) is 36.7 Å². The van der Waals surface area contributed by atoms with E-state index in [0.29, 0.717) is 17.0 Å². The summed E-state index contributed by atoms with van der Waals surface area (Å²) in [6, 6.07) is 7.14. The highest BCUT2D eigenvalue weighted by Crippen LogP contribution is 2.28. The molecule has 0 saturated heterocycles. The third kappa shape index (κ3) is 4.59. The van der Waals surface area contributed by atoms with E-state index in [1.54, 1.807) is 36.2 Å². The number of esters is 1. The van der Waals surface area contributed by atoms with Gasteiger partial charge in [0, 0.05) is 36.6 Å². The third-order valence-corrected chi connectivity index (χ3v) is 5.45. The number of methoxy groups -OCH3 is 1. The van der Waals surface area contributed by atoms with Crippen LogP contribution in [0.2, 0.25) is 0 Å². The van der Waals surface area contributed by atoms with Gasteiger partial charge >= 0.3 is 5.97 Å². The number of carbonyl (C=O) groups is 2. The summed E-state index contributed by atoms with van der Waals surface area (Å²) in [6.45, 7) is 0. The van der Waals surface area contributed by atoms with E-state index in [9.17, 15) is 9.59 Å². The van der Waals surface area contributed by atoms with E-state index in [0.717, 1.165) is 31.2 Å². The molecule has 0 radical (unpaired) electrons. The fourth-order valence-electron chi connectivity index (χ4n) is 3.62. The Morgan fingerprint density at radius 2 is 1.66 bits per heavy atom. The molecule has 0 spiro atoms. The van der Waals surface area contributed by atoms with Gasteiger partial charge in [-0.1, -0.05) is 24.3 Å². The molecule has 1 aliphatic rings. The molecular weight excluding hydrogens is 370 g/mol. The van der Waals surface area contributed by atoms with Crippen LogP contribution < -0.4 is 5.73 Å². The van der Waals surface area contributed by atoms with Gasteiger partial charge in [0.15, 0.2) is 5.82 Å². The lowest BCUT2D eigenvalue weighted by Gasteiger charge is -2.33. The molecule has 1 saturated carbocycles. The van der Waals surface area contributed by atoms with E-state index in [1.165, 1.54) is 19.5 Å². The van der Waals surface area contributed by atoms with E-state index in [-0.39, 0.29) is 29.7 Å². The quantitative estimate of drug-likeness (QED) is 0.455. The summed E-state index contributed by atoms with van der Waals surface area (Å²) >= 11 is 0. The van der Waals surface area contributed by atoms with Crippen molar-refractivity contribution in [1.82, 2.24) is 14.9 Å². The zero-order chi connectivity index (χ0) is 21.0. The van der Waals surface area contributed by atoms with E-state index in [1.807, 2.05) is 0 Å². The number of nitrogens with one attached hydrogen (secondary N) is 1. The number of amidine groups is 1. The average molecular weight is 395 g/mol. The van der Waals surface area contributed by atoms with Crippen molar-refractivity contribution in [2.45, 2.75) is 31.7 Å². The number of aromatic nitrogens is 2. The Labute approximate surface area is 169 Å². The minimum absolute atomic E-state index is 0.00192. The molecule has 0 aliphatic heterocycles. The zero-order valence-electron chi connectivity index (χ0n) is 16.6. The molecule has 1 aromatic heterocycles. The van der Waals surface area contributed by atoms with Crippen molar-refractivity contribution in [2.75, 3.05) is 14.2 Å². The Bertz CT molecular complexity index is 888. The monoisotopic (exact) mass is 395 g/mol. The van der Waals surface area contributed by atoms with Crippen LogP contribution in [-0.4, -0.2) is 52.8 Å². The Kier molecular flexibility index (Phi) is 6.21. The molecule has 152 valence electrons. The fraction of sp³-hybridized carbons (Fsp3) is 0.381. The topological polar surface area (TPSA) is 122 Å². The number of rotatable bonds is 5. The maximum atomic E-state index is 12.8. The molecule has 1 aromatic carbocycles. The van der Waals surface area contributed by atoms with Crippen LogP contribution in [0, 0.1) is 11.3 Å². The highest BCUT2D eigenvalue weighted by molar-refractivity contribution is 5.95. The molecule has 1 aliphatic carbocycles. The highest BCUT2D eigenvalue weighted by Gasteiger charge is 2.30. The van der Waals surface area contributed by atoms with E-state index < -0.39 is 0 Å². The minimum atomic E-state index is -0.169. The zero-order valence-corrected chi connectivity index (χ0v) is 16.6. The molecule has 2 aromatic rings. The molecule has 1 fully saturated rings. The summed E-state index contributed by atoms with van der Waals surface area (Å²) in [6.07, 6.45) is 6.04. The van der Waals surface area contributed by atoms with Crippen molar-refractivity contribution in [3.63, 3.8) is 0 Å². The first-order valence-corrected chi connectivity index (χ1v) is 9.52. The first-order chi connectivity index (χ1) is 13.9. The first-order valence-electron chi connectivity index (χ1n) is 9.52. The van der Waals surface area contributed by atoms with Gasteiger partial charge in [-0.25, -0.2) is 9.97 Å². The van der Waals surface area contributed by atoms with Crippen molar-refractivity contribution in [2.24, 2.45) is 11.7 Å². The Morgan fingerprint density at radius 1 is 1.07 bits per heavy atom. The summed E-state index contributed by atoms with van der Waals surface area (Å²) < 4.78 is 4.82. The van der Waals surface area contributed by atoms with E-state index >= 15 is 0 Å². The molecule has 8 heteroatoms. The van der Waals surface area contributed by atoms with Gasteiger partial charge in [0.25, 0.3) is 5.91 Å². The Morgan fingerprint density at radius 3 is 2.17 bits per heavy atom. The number of carbonyl (C=O) groups excluding carboxylic acids is 2. The number of nitrogen functional groups attached to an aromatic ring is 1. The van der Waals surface area contributed by atoms with Crippen molar-refractivity contribution in [3.05, 3.63) is 47.8 Å². The SMILES string of the molecule is COC(=O)C1CCC(N(C)C(=O)c2cnc(-c3ccc(C(=N)N)cc3)nc2)CC1. The predicted molar refractivity (Wildman–Crippen MR) is 108 cm³/mol. The number of hydrogen-bond acceptors (Lipinski definition) is 6. The Hall–Kier alpha value is -3.29. The normalized spacial score (nSPS) is 18.7. The number of amides is 1. The second kappa shape index (κ2) is 8.81. The van der Waals surface area contributed by atoms with Crippen LogP contribution >= 0.6 is 0 Å². The van der Waals surface area contributed by atoms with Crippen LogP contribution in [-0.2, 0) is 9.53 Å². The maximum Gasteiger partial charge on any atom is 0.308 e. The van der Waals surface area contributed by atoms with Gasteiger partial charge in [-0.2, -0.15) is 0 Å². The molecule has 8 nitrogen and oxygen atoms in total. The van der Waals surface area contributed by atoms with Crippen LogP contribution in [0.4, 0.5) is 0 Å². The molecule has 0 atom stereocenters. The number of ether oxygens (including phenoxy) is 1. The third-order valence-electron chi connectivity index (χ3n) is 5.45. The van der Waals surface area contributed by atoms with Crippen LogP contribution in [0.1, 0.15) is 41.6 Å². The molecule has 3 N–H and O–H groups in total. The molecule has 29 heavy (non-hydrogen) atoms.